The number of halogens is 1. The molecule has 20 heavy (non-hydrogen) atoms. The highest BCUT2D eigenvalue weighted by atomic mass is 79.9. The molecule has 2 aromatic rings. The third kappa shape index (κ3) is 3.71. The molecule has 1 nitrogen and oxygen atoms in total. The molecule has 1 N–H and O–H groups in total. The molecular formula is C18H22BrN. The largest absolute Gasteiger partial charge is 0.313 e. The van der Waals surface area contributed by atoms with Crippen LogP contribution in [0.2, 0.25) is 0 Å². The molecule has 1 atom stereocenters. The van der Waals surface area contributed by atoms with E-state index >= 15 is 0 Å². The fourth-order valence-electron chi connectivity index (χ4n) is 2.69. The zero-order chi connectivity index (χ0) is 14.7. The van der Waals surface area contributed by atoms with E-state index in [4.69, 9.17) is 0 Å². The summed E-state index contributed by atoms with van der Waals surface area (Å²) in [6.07, 6.45) is 1.01. The van der Waals surface area contributed by atoms with Crippen molar-refractivity contribution in [2.45, 2.75) is 33.2 Å². The summed E-state index contributed by atoms with van der Waals surface area (Å²) >= 11 is 3.57. The second-order valence-corrected chi connectivity index (χ2v) is 6.40. The number of benzene rings is 2. The fraction of sp³-hybridized carbons (Fsp3) is 0.333. The zero-order valence-electron chi connectivity index (χ0n) is 12.6. The van der Waals surface area contributed by atoms with Crippen molar-refractivity contribution in [3.8, 4) is 0 Å². The average molecular weight is 332 g/mol. The molecule has 1 unspecified atom stereocenters. The summed E-state index contributed by atoms with van der Waals surface area (Å²) in [6, 6.07) is 13.7. The number of rotatable bonds is 4. The third-order valence-corrected chi connectivity index (χ3v) is 4.54. The molecule has 2 heteroatoms. The van der Waals surface area contributed by atoms with E-state index in [1.807, 2.05) is 7.05 Å². The van der Waals surface area contributed by atoms with Crippen molar-refractivity contribution in [1.29, 1.82) is 0 Å². The van der Waals surface area contributed by atoms with Gasteiger partial charge in [0.2, 0.25) is 0 Å². The minimum Gasteiger partial charge on any atom is -0.313 e. The first kappa shape index (κ1) is 15.3. The Morgan fingerprint density at radius 3 is 2.20 bits per heavy atom. The molecule has 0 fully saturated rings. The van der Waals surface area contributed by atoms with Crippen LogP contribution in [-0.4, -0.2) is 7.05 Å². The smallest absolute Gasteiger partial charge is 0.0358 e. The predicted octanol–water partition coefficient (Wildman–Crippen LogP) is 4.88. The second-order valence-electron chi connectivity index (χ2n) is 5.55. The first-order valence-corrected chi connectivity index (χ1v) is 7.79. The number of hydrogen-bond donors (Lipinski definition) is 1. The molecular weight excluding hydrogens is 310 g/mol. The Balaban J connectivity index is 2.26. The van der Waals surface area contributed by atoms with Gasteiger partial charge in [-0.3, -0.25) is 0 Å². The molecule has 0 saturated carbocycles. The lowest BCUT2D eigenvalue weighted by atomic mass is 9.96. The van der Waals surface area contributed by atoms with E-state index in [1.54, 1.807) is 0 Å². The first-order chi connectivity index (χ1) is 9.49. The predicted molar refractivity (Wildman–Crippen MR) is 90.3 cm³/mol. The number of nitrogens with one attached hydrogen (secondary N) is 1. The first-order valence-electron chi connectivity index (χ1n) is 7.00. The van der Waals surface area contributed by atoms with Gasteiger partial charge in [-0.05, 0) is 57.0 Å². The van der Waals surface area contributed by atoms with E-state index < -0.39 is 0 Å². The molecule has 0 amide bonds. The highest BCUT2D eigenvalue weighted by molar-refractivity contribution is 9.10. The fourth-order valence-corrected chi connectivity index (χ4v) is 2.94. The Hall–Kier alpha value is -1.12. The number of likely N-dealkylation sites (N-methyl/N-ethyl adjacent to an activating group) is 1. The van der Waals surface area contributed by atoms with Gasteiger partial charge in [-0.2, -0.15) is 0 Å². The quantitative estimate of drug-likeness (QED) is 0.842. The highest BCUT2D eigenvalue weighted by Crippen LogP contribution is 2.24. The molecule has 106 valence electrons. The van der Waals surface area contributed by atoms with E-state index in [-0.39, 0.29) is 0 Å². The van der Waals surface area contributed by atoms with Crippen LogP contribution >= 0.6 is 15.9 Å². The monoisotopic (exact) mass is 331 g/mol. The van der Waals surface area contributed by atoms with E-state index in [1.165, 1.54) is 32.3 Å². The van der Waals surface area contributed by atoms with Crippen LogP contribution in [0.5, 0.6) is 0 Å². The van der Waals surface area contributed by atoms with Crippen LogP contribution in [0, 0.1) is 20.8 Å². The van der Waals surface area contributed by atoms with E-state index in [0.717, 1.165) is 6.42 Å². The van der Waals surface area contributed by atoms with Gasteiger partial charge in [0.05, 0.1) is 0 Å². The van der Waals surface area contributed by atoms with Crippen LogP contribution in [0.25, 0.3) is 0 Å². The Bertz CT molecular complexity index is 584. The molecule has 0 aliphatic carbocycles. The van der Waals surface area contributed by atoms with E-state index in [0.29, 0.717) is 6.04 Å². The van der Waals surface area contributed by atoms with Gasteiger partial charge in [0, 0.05) is 10.5 Å². The van der Waals surface area contributed by atoms with Crippen LogP contribution < -0.4 is 5.32 Å². The summed E-state index contributed by atoms with van der Waals surface area (Å²) in [5.74, 6) is 0. The summed E-state index contributed by atoms with van der Waals surface area (Å²) in [5.41, 5.74) is 6.68. The number of hydrogen-bond acceptors (Lipinski definition) is 1. The van der Waals surface area contributed by atoms with Gasteiger partial charge >= 0.3 is 0 Å². The molecule has 0 aromatic heterocycles. The average Bonchev–Trinajstić information content (AvgIpc) is 2.38. The minimum absolute atomic E-state index is 0.350. The molecule has 0 aliphatic heterocycles. The molecule has 2 rings (SSSR count). The summed E-state index contributed by atoms with van der Waals surface area (Å²) in [4.78, 5) is 0. The minimum atomic E-state index is 0.350. The van der Waals surface area contributed by atoms with Crippen molar-refractivity contribution in [3.63, 3.8) is 0 Å². The Labute approximate surface area is 130 Å². The maximum atomic E-state index is 3.57. The van der Waals surface area contributed by atoms with Gasteiger partial charge in [-0.25, -0.2) is 0 Å². The zero-order valence-corrected chi connectivity index (χ0v) is 14.2. The molecule has 0 bridgehead atoms. The van der Waals surface area contributed by atoms with Crippen LogP contribution in [0.3, 0.4) is 0 Å². The molecule has 2 aromatic carbocycles. The second kappa shape index (κ2) is 6.55. The van der Waals surface area contributed by atoms with Gasteiger partial charge < -0.3 is 5.32 Å². The van der Waals surface area contributed by atoms with Crippen LogP contribution in [0.4, 0.5) is 0 Å². The standard InChI is InChI=1S/C18H22BrN/c1-12-7-13(2)9-15(8-12)11-18(20-4)16-5-6-17(19)14(3)10-16/h5-10,18,20H,11H2,1-4H3. The molecule has 0 saturated heterocycles. The van der Waals surface area contributed by atoms with Gasteiger partial charge in [-0.15, -0.1) is 0 Å². The van der Waals surface area contributed by atoms with Gasteiger partial charge in [0.1, 0.15) is 0 Å². The maximum absolute atomic E-state index is 3.57. The van der Waals surface area contributed by atoms with Gasteiger partial charge in [-0.1, -0.05) is 57.4 Å². The SMILES string of the molecule is CNC(Cc1cc(C)cc(C)c1)c1ccc(Br)c(C)c1. The Morgan fingerprint density at radius 2 is 1.65 bits per heavy atom. The Kier molecular flexibility index (Phi) is 5.00. The normalized spacial score (nSPS) is 12.4. The van der Waals surface area contributed by atoms with Crippen molar-refractivity contribution in [1.82, 2.24) is 5.32 Å². The summed E-state index contributed by atoms with van der Waals surface area (Å²) < 4.78 is 1.17. The van der Waals surface area contributed by atoms with E-state index in [9.17, 15) is 0 Å². The summed E-state index contributed by atoms with van der Waals surface area (Å²) in [7, 11) is 2.03. The third-order valence-electron chi connectivity index (χ3n) is 3.65. The van der Waals surface area contributed by atoms with Crippen LogP contribution in [-0.2, 0) is 6.42 Å². The van der Waals surface area contributed by atoms with Crippen LogP contribution in [0.1, 0.15) is 33.9 Å². The van der Waals surface area contributed by atoms with Crippen LogP contribution in [0.15, 0.2) is 40.9 Å². The maximum Gasteiger partial charge on any atom is 0.0358 e. The summed E-state index contributed by atoms with van der Waals surface area (Å²) in [6.45, 7) is 6.46. The highest BCUT2D eigenvalue weighted by Gasteiger charge is 2.11. The lowest BCUT2D eigenvalue weighted by Crippen LogP contribution is -2.19. The van der Waals surface area contributed by atoms with Crippen molar-refractivity contribution >= 4 is 15.9 Å². The van der Waals surface area contributed by atoms with Crippen molar-refractivity contribution < 1.29 is 0 Å². The van der Waals surface area contributed by atoms with Crippen molar-refractivity contribution in [2.75, 3.05) is 7.05 Å². The lowest BCUT2D eigenvalue weighted by Gasteiger charge is -2.18. The molecule has 0 heterocycles. The molecule has 0 aliphatic rings. The summed E-state index contributed by atoms with van der Waals surface area (Å²) in [5, 5.41) is 3.44. The number of aryl methyl sites for hydroxylation is 3. The lowest BCUT2D eigenvalue weighted by molar-refractivity contribution is 0.591. The van der Waals surface area contributed by atoms with Crippen molar-refractivity contribution in [3.05, 3.63) is 68.7 Å². The molecule has 0 radical (unpaired) electrons. The Morgan fingerprint density at radius 1 is 1.00 bits per heavy atom. The molecule has 0 spiro atoms. The van der Waals surface area contributed by atoms with Crippen molar-refractivity contribution in [2.24, 2.45) is 0 Å². The van der Waals surface area contributed by atoms with Gasteiger partial charge in [0.15, 0.2) is 0 Å². The topological polar surface area (TPSA) is 12.0 Å². The van der Waals surface area contributed by atoms with Gasteiger partial charge in [0.25, 0.3) is 0 Å². The van der Waals surface area contributed by atoms with E-state index in [2.05, 4.69) is 78.4 Å².